The summed E-state index contributed by atoms with van der Waals surface area (Å²) in [4.78, 5) is 0. The van der Waals surface area contributed by atoms with Gasteiger partial charge in [0.2, 0.25) is 0 Å². The van der Waals surface area contributed by atoms with Crippen LogP contribution >= 0.6 is 24.0 Å². The van der Waals surface area contributed by atoms with Gasteiger partial charge in [-0.15, -0.1) is 0 Å². The van der Waals surface area contributed by atoms with Gasteiger partial charge in [-0.1, -0.05) is 78.1 Å². The average Bonchev–Trinajstić information content (AvgIpc) is 2.23. The van der Waals surface area contributed by atoms with Crippen LogP contribution in [0.5, 0.6) is 0 Å². The van der Waals surface area contributed by atoms with Crippen LogP contribution in [-0.2, 0) is 0 Å². The maximum absolute atomic E-state index is 3.26. The molecule has 0 aromatic rings. The Kier molecular flexibility index (Phi) is 27.2. The fourth-order valence-corrected chi connectivity index (χ4v) is 1.56. The van der Waals surface area contributed by atoms with Gasteiger partial charge in [0, 0.05) is 0 Å². The number of hydrogen-bond donors (Lipinski definition) is 0. The summed E-state index contributed by atoms with van der Waals surface area (Å²) in [5.74, 6) is 0. The summed E-state index contributed by atoms with van der Waals surface area (Å²) in [5.41, 5.74) is 0. The van der Waals surface area contributed by atoms with Crippen molar-refractivity contribution >= 4 is 43.4 Å². The van der Waals surface area contributed by atoms with E-state index in [1.54, 1.807) is 0 Å². The predicted octanol–water partition coefficient (Wildman–Crippen LogP) is 6.24. The molecule has 0 aliphatic heterocycles. The van der Waals surface area contributed by atoms with Gasteiger partial charge in [0.1, 0.15) is 0 Å². The molecule has 0 spiro atoms. The molecule has 15 heavy (non-hydrogen) atoms. The quantitative estimate of drug-likeness (QED) is 0.242. The molecule has 0 aliphatic rings. The summed E-state index contributed by atoms with van der Waals surface area (Å²) in [6.45, 7) is 4.56. The molecular formula is C12H26Br2Pb. The van der Waals surface area contributed by atoms with E-state index >= 15 is 0 Å². The molecule has 0 N–H and O–H groups in total. The summed E-state index contributed by atoms with van der Waals surface area (Å²) in [6, 6.07) is 0. The number of hydrogen-bond acceptors (Lipinski definition) is 0. The first-order chi connectivity index (χ1) is 7.33. The molecule has 0 heterocycles. The first-order valence-corrected chi connectivity index (χ1v) is 23.1. The molecule has 0 amide bonds. The zero-order chi connectivity index (χ0) is 11.8. The van der Waals surface area contributed by atoms with Gasteiger partial charge in [-0.2, -0.15) is 0 Å². The molecule has 0 atom stereocenters. The Bertz CT molecular complexity index is 79.7. The van der Waals surface area contributed by atoms with Gasteiger partial charge < -0.3 is 0 Å². The molecule has 92 valence electrons. The minimum atomic E-state index is -0.292. The normalized spacial score (nSPS) is 9.60. The maximum atomic E-state index is 3.26. The van der Waals surface area contributed by atoms with Crippen LogP contribution in [0.4, 0.5) is 0 Å². The Labute approximate surface area is 120 Å². The number of halogens is 2. The first kappa shape index (κ1) is 19.2. The van der Waals surface area contributed by atoms with Crippen molar-refractivity contribution < 1.29 is 0 Å². The summed E-state index contributed by atoms with van der Waals surface area (Å²) in [5, 5.41) is 0. The van der Waals surface area contributed by atoms with Crippen LogP contribution in [0.3, 0.4) is 0 Å². The van der Waals surface area contributed by atoms with Gasteiger partial charge in [0.05, 0.1) is 0 Å². The van der Waals surface area contributed by atoms with E-state index in [0.29, 0.717) is 0 Å². The average molecular weight is 537 g/mol. The van der Waals surface area contributed by atoms with Crippen LogP contribution in [0, 0.1) is 0 Å². The molecule has 0 rings (SSSR count). The van der Waals surface area contributed by atoms with Crippen molar-refractivity contribution in [3.05, 3.63) is 0 Å². The third-order valence-corrected chi connectivity index (χ3v) is 2.46. The van der Waals surface area contributed by atoms with Gasteiger partial charge in [0.15, 0.2) is 0 Å². The van der Waals surface area contributed by atoms with Crippen LogP contribution in [0.2, 0.25) is 0 Å². The second-order valence-electron chi connectivity index (χ2n) is 3.90. The Morgan fingerprint density at radius 3 is 1.00 bits per heavy atom. The third-order valence-electron chi connectivity index (χ3n) is 2.46. The molecule has 0 bridgehead atoms. The molecule has 0 aromatic heterocycles. The molecule has 0 unspecified atom stereocenters. The Balaban J connectivity index is 0. The zero-order valence-corrected chi connectivity index (χ0v) is 17.4. The number of rotatable bonds is 9. The summed E-state index contributed by atoms with van der Waals surface area (Å²) in [7, 11) is 0. The topological polar surface area (TPSA) is 0 Å². The fraction of sp³-hybridized carbons (Fsp3) is 1.00. The summed E-state index contributed by atoms with van der Waals surface area (Å²) in [6.07, 6.45) is 14.4. The second kappa shape index (κ2) is 21.2. The summed E-state index contributed by atoms with van der Waals surface area (Å²) >= 11 is 6.22. The van der Waals surface area contributed by atoms with Gasteiger partial charge >= 0.3 is 43.4 Å². The van der Waals surface area contributed by atoms with Gasteiger partial charge in [-0.3, -0.25) is 0 Å². The molecule has 0 fully saturated rings. The van der Waals surface area contributed by atoms with E-state index in [-0.39, 0.29) is 19.4 Å². The molecule has 2 radical (unpaired) electrons. The molecule has 3 heteroatoms. The van der Waals surface area contributed by atoms with Crippen LogP contribution in [0.25, 0.3) is 0 Å². The SMILES string of the molecule is CCCCCCCCCCCC.[Br][Pb][Br]. The Hall–Kier alpha value is 1.88. The van der Waals surface area contributed by atoms with Crippen molar-refractivity contribution in [2.75, 3.05) is 0 Å². The molecule has 0 saturated carbocycles. The van der Waals surface area contributed by atoms with Crippen molar-refractivity contribution in [2.45, 2.75) is 78.1 Å². The van der Waals surface area contributed by atoms with E-state index in [0.717, 1.165) is 0 Å². The van der Waals surface area contributed by atoms with Crippen LogP contribution in [0.15, 0.2) is 0 Å². The van der Waals surface area contributed by atoms with Crippen molar-refractivity contribution in [1.29, 1.82) is 0 Å². The van der Waals surface area contributed by atoms with Crippen molar-refractivity contribution in [2.24, 2.45) is 0 Å². The van der Waals surface area contributed by atoms with E-state index in [9.17, 15) is 0 Å². The Morgan fingerprint density at radius 1 is 0.600 bits per heavy atom. The zero-order valence-electron chi connectivity index (χ0n) is 10.3. The molecule has 0 aromatic carbocycles. The minimum absolute atomic E-state index is 0.292. The molecular weight excluding hydrogens is 511 g/mol. The van der Waals surface area contributed by atoms with Gasteiger partial charge in [0.25, 0.3) is 0 Å². The van der Waals surface area contributed by atoms with Crippen molar-refractivity contribution in [3.8, 4) is 0 Å². The van der Waals surface area contributed by atoms with Crippen molar-refractivity contribution in [3.63, 3.8) is 0 Å². The first-order valence-electron chi connectivity index (χ1n) is 6.29. The molecule has 0 aliphatic carbocycles. The van der Waals surface area contributed by atoms with Crippen LogP contribution in [0.1, 0.15) is 78.1 Å². The van der Waals surface area contributed by atoms with E-state index in [1.807, 2.05) is 0 Å². The standard InChI is InChI=1S/C12H26.2BrH.Pb/c1-3-5-7-9-11-12-10-8-6-4-2;;;/h3-12H2,1-2H3;2*1H;/q;;;+2/p-2. The third kappa shape index (κ3) is 25.8. The second-order valence-corrected chi connectivity index (χ2v) is 20.8. The monoisotopic (exact) mass is 536 g/mol. The van der Waals surface area contributed by atoms with E-state index in [4.69, 9.17) is 0 Å². The van der Waals surface area contributed by atoms with E-state index < -0.39 is 0 Å². The van der Waals surface area contributed by atoms with E-state index in [1.165, 1.54) is 64.2 Å². The molecule has 0 saturated heterocycles. The van der Waals surface area contributed by atoms with E-state index in [2.05, 4.69) is 37.8 Å². The molecule has 0 nitrogen and oxygen atoms in total. The predicted molar refractivity (Wildman–Crippen MR) is 81.1 cm³/mol. The summed E-state index contributed by atoms with van der Waals surface area (Å²) < 4.78 is 0. The van der Waals surface area contributed by atoms with Gasteiger partial charge in [-0.25, -0.2) is 0 Å². The van der Waals surface area contributed by atoms with Crippen LogP contribution < -0.4 is 0 Å². The fourth-order valence-electron chi connectivity index (χ4n) is 1.56. The Morgan fingerprint density at radius 2 is 0.800 bits per heavy atom. The van der Waals surface area contributed by atoms with Gasteiger partial charge in [-0.05, 0) is 0 Å². The van der Waals surface area contributed by atoms with Crippen LogP contribution in [-0.4, -0.2) is 19.4 Å². The van der Waals surface area contributed by atoms with Crippen molar-refractivity contribution in [1.82, 2.24) is 0 Å². The number of unbranched alkanes of at least 4 members (excludes halogenated alkanes) is 9.